The van der Waals surface area contributed by atoms with Gasteiger partial charge in [0.2, 0.25) is 0 Å². The Balaban J connectivity index is 1.99. The van der Waals surface area contributed by atoms with Gasteiger partial charge in [-0.1, -0.05) is 61.5 Å². The molecule has 0 bridgehead atoms. The molecule has 0 saturated carbocycles. The Kier molecular flexibility index (Phi) is 5.42. The lowest BCUT2D eigenvalue weighted by Gasteiger charge is -2.06. The number of aromatic nitrogens is 1. The van der Waals surface area contributed by atoms with Gasteiger partial charge in [-0.15, -0.1) is 0 Å². The van der Waals surface area contributed by atoms with Crippen molar-refractivity contribution >= 4 is 11.8 Å². The van der Waals surface area contributed by atoms with Crippen molar-refractivity contribution in [3.05, 3.63) is 82.7 Å². The number of carboxylic acid groups (broad SMARTS) is 1. The summed E-state index contributed by atoms with van der Waals surface area (Å²) >= 11 is 0. The van der Waals surface area contributed by atoms with Gasteiger partial charge in [0, 0.05) is 30.3 Å². The Bertz CT molecular complexity index is 1070. The fourth-order valence-corrected chi connectivity index (χ4v) is 3.50. The van der Waals surface area contributed by atoms with Crippen molar-refractivity contribution in [3.8, 4) is 17.2 Å². The molecule has 0 aliphatic heterocycles. The van der Waals surface area contributed by atoms with E-state index in [1.807, 2.05) is 37.3 Å². The van der Waals surface area contributed by atoms with Crippen LogP contribution in [0.15, 0.2) is 54.6 Å². The third-order valence-corrected chi connectivity index (χ3v) is 4.87. The number of hydrogen-bond acceptors (Lipinski definition) is 3. The molecule has 1 heterocycles. The molecule has 1 N–H and O–H groups in total. The highest BCUT2D eigenvalue weighted by Crippen LogP contribution is 2.32. The van der Waals surface area contributed by atoms with E-state index in [1.165, 1.54) is 0 Å². The highest BCUT2D eigenvalue weighted by Gasteiger charge is 2.25. The lowest BCUT2D eigenvalue weighted by Crippen LogP contribution is -2.08. The smallest absolute Gasteiger partial charge is 0.353 e. The van der Waals surface area contributed by atoms with Crippen LogP contribution < -0.4 is 0 Å². The maximum Gasteiger partial charge on any atom is 0.353 e. The molecule has 3 aromatic rings. The fourth-order valence-electron chi connectivity index (χ4n) is 3.50. The van der Waals surface area contributed by atoms with E-state index < -0.39 is 5.97 Å². The zero-order valence-corrected chi connectivity index (χ0v) is 15.8. The first-order valence-corrected chi connectivity index (χ1v) is 9.00. The van der Waals surface area contributed by atoms with E-state index in [9.17, 15) is 20.0 Å². The summed E-state index contributed by atoms with van der Waals surface area (Å²) in [7, 11) is 1.66. The normalized spacial score (nSPS) is 10.5. The van der Waals surface area contributed by atoms with Gasteiger partial charge >= 0.3 is 5.97 Å². The number of Topliss-reactive ketones (excluding diaryl/α,β-unsaturated/α-hetero) is 1. The molecule has 1 aromatic heterocycles. The van der Waals surface area contributed by atoms with Gasteiger partial charge in [0.15, 0.2) is 5.78 Å². The average molecular weight is 372 g/mol. The zero-order chi connectivity index (χ0) is 20.3. The number of carbonyl (C=O) groups is 2. The van der Waals surface area contributed by atoms with Crippen LogP contribution in [0.4, 0.5) is 0 Å². The van der Waals surface area contributed by atoms with E-state index in [4.69, 9.17) is 0 Å². The number of carboxylic acids is 1. The molecule has 28 heavy (non-hydrogen) atoms. The predicted molar refractivity (Wildman–Crippen MR) is 106 cm³/mol. The van der Waals surface area contributed by atoms with Gasteiger partial charge in [-0.25, -0.2) is 4.79 Å². The Morgan fingerprint density at radius 2 is 1.71 bits per heavy atom. The maximum atomic E-state index is 12.5. The first-order chi connectivity index (χ1) is 13.5. The molecule has 5 heteroatoms. The second kappa shape index (κ2) is 7.93. The minimum absolute atomic E-state index is 0.0148. The minimum atomic E-state index is -1.09. The third kappa shape index (κ3) is 3.45. The summed E-state index contributed by atoms with van der Waals surface area (Å²) in [6.45, 7) is 1.89. The van der Waals surface area contributed by atoms with Crippen molar-refractivity contribution < 1.29 is 14.7 Å². The Hall–Kier alpha value is -3.65. The molecule has 0 amide bonds. The van der Waals surface area contributed by atoms with E-state index in [0.29, 0.717) is 40.8 Å². The number of nitrogens with zero attached hydrogens (tertiary/aromatic N) is 2. The summed E-state index contributed by atoms with van der Waals surface area (Å²) in [5.74, 6) is -1.10. The fraction of sp³-hybridized carbons (Fsp3) is 0.174. The second-order valence-electron chi connectivity index (χ2n) is 6.54. The lowest BCUT2D eigenvalue weighted by molar-refractivity contribution is 0.0687. The summed E-state index contributed by atoms with van der Waals surface area (Å²) < 4.78 is 1.56. The molecule has 3 rings (SSSR count). The predicted octanol–water partition coefficient (Wildman–Crippen LogP) is 4.25. The van der Waals surface area contributed by atoms with E-state index in [0.717, 1.165) is 5.56 Å². The molecular weight excluding hydrogens is 352 g/mol. The number of hydrogen-bond donors (Lipinski definition) is 1. The van der Waals surface area contributed by atoms with Crippen LogP contribution >= 0.6 is 0 Å². The van der Waals surface area contributed by atoms with Crippen molar-refractivity contribution in [1.29, 1.82) is 5.26 Å². The Morgan fingerprint density at radius 1 is 1.07 bits per heavy atom. The SMILES string of the molecule is CCc1c(C#N)c(-c2ccc(C(=O)Cc3ccccc3)cc2)c(C(=O)O)n1C. The third-order valence-electron chi connectivity index (χ3n) is 4.87. The summed E-state index contributed by atoms with van der Waals surface area (Å²) in [6, 6.07) is 18.4. The zero-order valence-electron chi connectivity index (χ0n) is 15.8. The molecule has 0 aliphatic carbocycles. The van der Waals surface area contributed by atoms with Crippen LogP contribution in [-0.2, 0) is 19.9 Å². The molecule has 0 radical (unpaired) electrons. The van der Waals surface area contributed by atoms with Crippen LogP contribution in [0.3, 0.4) is 0 Å². The lowest BCUT2D eigenvalue weighted by atomic mass is 9.97. The van der Waals surface area contributed by atoms with Crippen molar-refractivity contribution in [2.75, 3.05) is 0 Å². The van der Waals surface area contributed by atoms with Gasteiger partial charge in [0.25, 0.3) is 0 Å². The van der Waals surface area contributed by atoms with Crippen LogP contribution in [0.5, 0.6) is 0 Å². The molecule has 2 aromatic carbocycles. The molecule has 0 fully saturated rings. The molecular formula is C23H20N2O3. The van der Waals surface area contributed by atoms with E-state index in [1.54, 1.807) is 35.9 Å². The van der Waals surface area contributed by atoms with Crippen molar-refractivity contribution in [1.82, 2.24) is 4.57 Å². The van der Waals surface area contributed by atoms with Crippen LogP contribution in [0.25, 0.3) is 11.1 Å². The van der Waals surface area contributed by atoms with Gasteiger partial charge in [-0.3, -0.25) is 4.79 Å². The van der Waals surface area contributed by atoms with Crippen LogP contribution in [0, 0.1) is 11.3 Å². The largest absolute Gasteiger partial charge is 0.477 e. The number of benzene rings is 2. The Morgan fingerprint density at radius 3 is 2.25 bits per heavy atom. The van der Waals surface area contributed by atoms with Gasteiger partial charge in [0.1, 0.15) is 11.8 Å². The summed E-state index contributed by atoms with van der Waals surface area (Å²) in [4.78, 5) is 24.3. The summed E-state index contributed by atoms with van der Waals surface area (Å²) in [5, 5.41) is 19.3. The minimum Gasteiger partial charge on any atom is -0.477 e. The number of nitriles is 1. The van der Waals surface area contributed by atoms with E-state index in [2.05, 4.69) is 6.07 Å². The number of rotatable bonds is 6. The highest BCUT2D eigenvalue weighted by molar-refractivity contribution is 6.00. The molecule has 0 atom stereocenters. The van der Waals surface area contributed by atoms with Crippen molar-refractivity contribution in [2.45, 2.75) is 19.8 Å². The van der Waals surface area contributed by atoms with Gasteiger partial charge in [-0.05, 0) is 17.5 Å². The molecule has 0 aliphatic rings. The molecule has 140 valence electrons. The second-order valence-corrected chi connectivity index (χ2v) is 6.54. The standard InChI is InChI=1S/C23H20N2O3/c1-3-19-18(14-24)21(22(23(27)28)25(19)2)17-11-9-16(10-12-17)20(26)13-15-7-5-4-6-8-15/h4-12H,3,13H2,1-2H3,(H,27,28). The van der Waals surface area contributed by atoms with Crippen LogP contribution in [0.2, 0.25) is 0 Å². The van der Waals surface area contributed by atoms with Crippen molar-refractivity contribution in [2.24, 2.45) is 7.05 Å². The van der Waals surface area contributed by atoms with Gasteiger partial charge < -0.3 is 9.67 Å². The van der Waals surface area contributed by atoms with Crippen LogP contribution in [-0.4, -0.2) is 21.4 Å². The first-order valence-electron chi connectivity index (χ1n) is 9.00. The number of ketones is 1. The monoisotopic (exact) mass is 372 g/mol. The topological polar surface area (TPSA) is 83.1 Å². The van der Waals surface area contributed by atoms with Crippen molar-refractivity contribution in [3.63, 3.8) is 0 Å². The van der Waals surface area contributed by atoms with E-state index >= 15 is 0 Å². The quantitative estimate of drug-likeness (QED) is 0.656. The van der Waals surface area contributed by atoms with Gasteiger partial charge in [0.05, 0.1) is 5.56 Å². The molecule has 5 nitrogen and oxygen atoms in total. The van der Waals surface area contributed by atoms with Crippen LogP contribution in [0.1, 0.15) is 44.6 Å². The van der Waals surface area contributed by atoms with E-state index in [-0.39, 0.29) is 11.5 Å². The first kappa shape index (κ1) is 19.1. The molecule has 0 spiro atoms. The molecule has 0 saturated heterocycles. The summed E-state index contributed by atoms with van der Waals surface area (Å²) in [6.07, 6.45) is 0.850. The highest BCUT2D eigenvalue weighted by atomic mass is 16.4. The number of aromatic carboxylic acids is 1. The Labute approximate surface area is 163 Å². The summed E-state index contributed by atoms with van der Waals surface area (Å²) in [5.41, 5.74) is 3.63. The average Bonchev–Trinajstić information content (AvgIpc) is 3.00. The number of carbonyl (C=O) groups excluding carboxylic acids is 1. The van der Waals surface area contributed by atoms with Gasteiger partial charge in [-0.2, -0.15) is 5.26 Å². The molecule has 0 unspecified atom stereocenters. The maximum absolute atomic E-state index is 12.5.